The molecule has 0 atom stereocenters. The maximum atomic E-state index is 12.7. The van der Waals surface area contributed by atoms with E-state index in [1.165, 1.54) is 36.6 Å². The van der Waals surface area contributed by atoms with E-state index in [1.54, 1.807) is 6.07 Å². The van der Waals surface area contributed by atoms with Crippen molar-refractivity contribution in [2.45, 2.75) is 76.3 Å². The first-order chi connectivity index (χ1) is 13.0. The molecule has 0 radical (unpaired) electrons. The first kappa shape index (κ1) is 19.9. The van der Waals surface area contributed by atoms with Crippen molar-refractivity contribution < 1.29 is 13.2 Å². The van der Waals surface area contributed by atoms with Crippen LogP contribution in [0, 0.1) is 0 Å². The molecule has 1 aliphatic rings. The number of hydrogen-bond donors (Lipinski definition) is 0. The SMILES string of the molecule is CCCCCc1ccc([C@H]2CC[C@H](c3ccc(C(F)(F)F)nc3)CC2)cc1. The van der Waals surface area contributed by atoms with Crippen molar-refractivity contribution >= 4 is 0 Å². The normalized spacial score (nSPS) is 20.6. The highest BCUT2D eigenvalue weighted by Gasteiger charge is 2.32. The van der Waals surface area contributed by atoms with E-state index in [2.05, 4.69) is 36.2 Å². The van der Waals surface area contributed by atoms with Gasteiger partial charge in [0.15, 0.2) is 0 Å². The van der Waals surface area contributed by atoms with E-state index in [4.69, 9.17) is 0 Å². The Labute approximate surface area is 160 Å². The van der Waals surface area contributed by atoms with E-state index in [-0.39, 0.29) is 0 Å². The van der Waals surface area contributed by atoms with Gasteiger partial charge >= 0.3 is 6.18 Å². The van der Waals surface area contributed by atoms with Gasteiger partial charge in [0.05, 0.1) is 0 Å². The summed E-state index contributed by atoms with van der Waals surface area (Å²) in [6.45, 7) is 2.22. The molecule has 0 spiro atoms. The van der Waals surface area contributed by atoms with Crippen molar-refractivity contribution in [3.05, 3.63) is 65.0 Å². The Kier molecular flexibility index (Phi) is 6.56. The molecule has 1 saturated carbocycles. The van der Waals surface area contributed by atoms with E-state index >= 15 is 0 Å². The largest absolute Gasteiger partial charge is 0.433 e. The standard InChI is InChI=1S/C23H28F3N/c1-2-3-4-5-17-6-8-18(9-7-17)19-10-12-20(13-11-19)21-14-15-22(27-16-21)23(24,25)26/h6-9,14-16,19-20H,2-5,10-13H2,1H3/t19-,20-. The van der Waals surface area contributed by atoms with Crippen LogP contribution in [0.5, 0.6) is 0 Å². The lowest BCUT2D eigenvalue weighted by atomic mass is 9.76. The van der Waals surface area contributed by atoms with E-state index in [0.29, 0.717) is 11.8 Å². The average molecular weight is 375 g/mol. The number of aryl methyl sites for hydroxylation is 1. The number of unbranched alkanes of at least 4 members (excludes halogenated alkanes) is 2. The van der Waals surface area contributed by atoms with Crippen LogP contribution in [-0.4, -0.2) is 4.98 Å². The number of pyridine rings is 1. The van der Waals surface area contributed by atoms with Crippen LogP contribution >= 0.6 is 0 Å². The Morgan fingerprint density at radius 2 is 1.44 bits per heavy atom. The summed E-state index contributed by atoms with van der Waals surface area (Å²) < 4.78 is 38.0. The van der Waals surface area contributed by atoms with Gasteiger partial charge in [0.2, 0.25) is 0 Å². The molecule has 0 amide bonds. The number of nitrogens with zero attached hydrogens (tertiary/aromatic N) is 1. The van der Waals surface area contributed by atoms with Gasteiger partial charge in [-0.1, -0.05) is 50.1 Å². The maximum absolute atomic E-state index is 12.7. The van der Waals surface area contributed by atoms with Gasteiger partial charge in [0.25, 0.3) is 0 Å². The van der Waals surface area contributed by atoms with Crippen molar-refractivity contribution in [2.24, 2.45) is 0 Å². The van der Waals surface area contributed by atoms with E-state index in [9.17, 15) is 13.2 Å². The van der Waals surface area contributed by atoms with Gasteiger partial charge in [0, 0.05) is 6.20 Å². The van der Waals surface area contributed by atoms with Crippen LogP contribution in [0.2, 0.25) is 0 Å². The number of alkyl halides is 3. The zero-order chi connectivity index (χ0) is 19.3. The molecule has 0 bridgehead atoms. The number of aromatic nitrogens is 1. The molecule has 0 unspecified atom stereocenters. The van der Waals surface area contributed by atoms with Gasteiger partial charge in [-0.25, -0.2) is 0 Å². The predicted molar refractivity (Wildman–Crippen MR) is 103 cm³/mol. The molecule has 0 saturated heterocycles. The Hall–Kier alpha value is -1.84. The quantitative estimate of drug-likeness (QED) is 0.484. The summed E-state index contributed by atoms with van der Waals surface area (Å²) >= 11 is 0. The highest BCUT2D eigenvalue weighted by Crippen LogP contribution is 2.40. The van der Waals surface area contributed by atoms with E-state index < -0.39 is 11.9 Å². The van der Waals surface area contributed by atoms with Crippen molar-refractivity contribution in [3.8, 4) is 0 Å². The molecule has 0 aliphatic heterocycles. The van der Waals surface area contributed by atoms with Crippen LogP contribution in [0.25, 0.3) is 0 Å². The van der Waals surface area contributed by atoms with Gasteiger partial charge in [-0.15, -0.1) is 0 Å². The minimum absolute atomic E-state index is 0.323. The summed E-state index contributed by atoms with van der Waals surface area (Å²) in [6.07, 6.45) is 6.18. The summed E-state index contributed by atoms with van der Waals surface area (Å²) in [5.74, 6) is 0.887. The van der Waals surface area contributed by atoms with Crippen molar-refractivity contribution in [3.63, 3.8) is 0 Å². The van der Waals surface area contributed by atoms with Crippen molar-refractivity contribution in [2.75, 3.05) is 0 Å². The van der Waals surface area contributed by atoms with Gasteiger partial charge in [0.1, 0.15) is 5.69 Å². The second-order valence-corrected chi connectivity index (χ2v) is 7.72. The van der Waals surface area contributed by atoms with Crippen LogP contribution in [-0.2, 0) is 12.6 Å². The molecule has 1 aliphatic carbocycles. The minimum Gasteiger partial charge on any atom is -0.251 e. The predicted octanol–water partition coefficient (Wildman–Crippen LogP) is 7.27. The molecule has 1 aromatic heterocycles. The zero-order valence-corrected chi connectivity index (χ0v) is 15.9. The first-order valence-corrected chi connectivity index (χ1v) is 10.1. The second-order valence-electron chi connectivity index (χ2n) is 7.72. The zero-order valence-electron chi connectivity index (χ0n) is 15.9. The van der Waals surface area contributed by atoms with Gasteiger partial charge in [-0.3, -0.25) is 4.98 Å². The third kappa shape index (κ3) is 5.33. The van der Waals surface area contributed by atoms with E-state index in [1.807, 2.05) is 0 Å². The van der Waals surface area contributed by atoms with Crippen molar-refractivity contribution in [1.82, 2.24) is 4.98 Å². The Bertz CT molecular complexity index is 696. The number of hydrogen-bond acceptors (Lipinski definition) is 1. The lowest BCUT2D eigenvalue weighted by Crippen LogP contribution is -2.13. The topological polar surface area (TPSA) is 12.9 Å². The fraction of sp³-hybridized carbons (Fsp3) is 0.522. The van der Waals surface area contributed by atoms with Gasteiger partial charge in [-0.2, -0.15) is 13.2 Å². The molecule has 146 valence electrons. The summed E-state index contributed by atoms with van der Waals surface area (Å²) in [6, 6.07) is 11.8. The van der Waals surface area contributed by atoms with Crippen LogP contribution in [0.3, 0.4) is 0 Å². The average Bonchev–Trinajstić information content (AvgIpc) is 2.68. The van der Waals surface area contributed by atoms with Crippen molar-refractivity contribution in [1.29, 1.82) is 0 Å². The molecular weight excluding hydrogens is 347 g/mol. The van der Waals surface area contributed by atoms with E-state index in [0.717, 1.165) is 43.7 Å². The molecule has 1 fully saturated rings. The smallest absolute Gasteiger partial charge is 0.251 e. The van der Waals surface area contributed by atoms with Crippen LogP contribution in [0.1, 0.15) is 86.1 Å². The summed E-state index contributed by atoms with van der Waals surface area (Å²) in [4.78, 5) is 3.62. The molecular formula is C23H28F3N. The second kappa shape index (κ2) is 8.90. The van der Waals surface area contributed by atoms with Crippen LogP contribution in [0.15, 0.2) is 42.6 Å². The molecule has 1 aromatic carbocycles. The molecule has 2 aromatic rings. The summed E-state index contributed by atoms with van der Waals surface area (Å²) in [5, 5.41) is 0. The Morgan fingerprint density at radius 1 is 0.852 bits per heavy atom. The monoisotopic (exact) mass is 375 g/mol. The highest BCUT2D eigenvalue weighted by atomic mass is 19.4. The third-order valence-electron chi connectivity index (χ3n) is 5.80. The summed E-state index contributed by atoms with van der Waals surface area (Å²) in [7, 11) is 0. The molecule has 27 heavy (non-hydrogen) atoms. The lowest BCUT2D eigenvalue weighted by molar-refractivity contribution is -0.141. The molecule has 0 N–H and O–H groups in total. The molecule has 4 heteroatoms. The maximum Gasteiger partial charge on any atom is 0.433 e. The highest BCUT2D eigenvalue weighted by molar-refractivity contribution is 5.27. The third-order valence-corrected chi connectivity index (χ3v) is 5.80. The first-order valence-electron chi connectivity index (χ1n) is 10.1. The van der Waals surface area contributed by atoms with Gasteiger partial charge in [-0.05, 0) is 73.1 Å². The Balaban J connectivity index is 1.54. The van der Waals surface area contributed by atoms with Crippen LogP contribution < -0.4 is 0 Å². The Morgan fingerprint density at radius 3 is 1.96 bits per heavy atom. The minimum atomic E-state index is -4.36. The van der Waals surface area contributed by atoms with Gasteiger partial charge < -0.3 is 0 Å². The fourth-order valence-electron chi connectivity index (χ4n) is 4.11. The molecule has 1 nitrogen and oxygen atoms in total. The fourth-order valence-corrected chi connectivity index (χ4v) is 4.11. The lowest BCUT2D eigenvalue weighted by Gasteiger charge is -2.29. The molecule has 1 heterocycles. The van der Waals surface area contributed by atoms with Crippen LogP contribution in [0.4, 0.5) is 13.2 Å². The number of rotatable bonds is 6. The number of halogens is 3. The number of benzene rings is 1. The summed E-state index contributed by atoms with van der Waals surface area (Å²) in [5.41, 5.74) is 2.95. The molecule has 3 rings (SSSR count).